The van der Waals surface area contributed by atoms with E-state index in [9.17, 15) is 0 Å². The molecule has 3 unspecified atom stereocenters. The van der Waals surface area contributed by atoms with Gasteiger partial charge in [0.15, 0.2) is 0 Å². The summed E-state index contributed by atoms with van der Waals surface area (Å²) >= 11 is 0. The van der Waals surface area contributed by atoms with Crippen LogP contribution >= 0.6 is 0 Å². The Morgan fingerprint density at radius 3 is 2.50 bits per heavy atom. The van der Waals surface area contributed by atoms with E-state index in [0.717, 1.165) is 12.8 Å². The highest BCUT2D eigenvalue weighted by Crippen LogP contribution is 2.20. The number of nitrogens with zero attached hydrogens (tertiary/aromatic N) is 1. The maximum Gasteiger partial charge on any atom is 0.109 e. The minimum absolute atomic E-state index is 0.237. The molecule has 0 saturated carbocycles. The Morgan fingerprint density at radius 2 is 2.00 bits per heavy atom. The average molecular weight is 172 g/mol. The Morgan fingerprint density at radius 1 is 1.33 bits per heavy atom. The molecule has 1 fully saturated rings. The van der Waals surface area contributed by atoms with E-state index in [-0.39, 0.29) is 6.23 Å². The Kier molecular flexibility index (Phi) is 3.50. The molecule has 0 spiro atoms. The molecule has 1 N–H and O–H groups in total. The number of ether oxygens (including phenoxy) is 1. The summed E-state index contributed by atoms with van der Waals surface area (Å²) in [4.78, 5) is 2.28. The molecule has 0 aromatic carbocycles. The van der Waals surface area contributed by atoms with E-state index in [4.69, 9.17) is 4.74 Å². The van der Waals surface area contributed by atoms with Gasteiger partial charge in [0.05, 0.1) is 6.10 Å². The van der Waals surface area contributed by atoms with Crippen LogP contribution in [0.5, 0.6) is 0 Å². The molecule has 0 radical (unpaired) electrons. The summed E-state index contributed by atoms with van der Waals surface area (Å²) in [5, 5.41) is 3.17. The van der Waals surface area contributed by atoms with Gasteiger partial charge in [0.2, 0.25) is 0 Å². The van der Waals surface area contributed by atoms with Crippen molar-refractivity contribution in [2.24, 2.45) is 0 Å². The lowest BCUT2D eigenvalue weighted by molar-refractivity contribution is -0.0786. The van der Waals surface area contributed by atoms with Crippen molar-refractivity contribution in [1.29, 1.82) is 0 Å². The second-order valence-corrected chi connectivity index (χ2v) is 3.81. The summed E-state index contributed by atoms with van der Waals surface area (Å²) < 4.78 is 5.68. The molecule has 3 atom stereocenters. The van der Waals surface area contributed by atoms with Crippen molar-refractivity contribution in [2.75, 3.05) is 21.1 Å². The molecule has 3 heteroatoms. The Bertz CT molecular complexity index is 138. The zero-order valence-electron chi connectivity index (χ0n) is 8.50. The second-order valence-electron chi connectivity index (χ2n) is 3.81. The number of hydrogen-bond acceptors (Lipinski definition) is 3. The Balaban J connectivity index is 2.45. The van der Waals surface area contributed by atoms with Crippen LogP contribution < -0.4 is 5.32 Å². The molecule has 0 amide bonds. The molecule has 0 aliphatic carbocycles. The fourth-order valence-corrected chi connectivity index (χ4v) is 1.73. The van der Waals surface area contributed by atoms with E-state index in [1.165, 1.54) is 0 Å². The van der Waals surface area contributed by atoms with Crippen LogP contribution in [0.1, 0.15) is 19.8 Å². The highest BCUT2D eigenvalue weighted by atomic mass is 16.5. The van der Waals surface area contributed by atoms with Gasteiger partial charge in [-0.2, -0.15) is 0 Å². The third-order valence-corrected chi connectivity index (χ3v) is 2.54. The molecule has 0 aromatic heterocycles. The van der Waals surface area contributed by atoms with E-state index in [1.54, 1.807) is 0 Å². The zero-order chi connectivity index (χ0) is 9.14. The molecule has 1 aliphatic rings. The lowest BCUT2D eigenvalue weighted by Gasteiger charge is -2.36. The summed E-state index contributed by atoms with van der Waals surface area (Å²) in [6, 6.07) is 0.659. The van der Waals surface area contributed by atoms with Gasteiger partial charge < -0.3 is 9.64 Å². The van der Waals surface area contributed by atoms with Gasteiger partial charge in [-0.25, -0.2) is 0 Å². The molecule has 1 rings (SSSR count). The predicted molar refractivity (Wildman–Crippen MR) is 50.1 cm³/mol. The van der Waals surface area contributed by atoms with E-state index < -0.39 is 0 Å². The summed E-state index contributed by atoms with van der Waals surface area (Å²) in [6.45, 7) is 2.14. The largest absolute Gasteiger partial charge is 0.360 e. The number of rotatable bonds is 2. The molecule has 0 aromatic rings. The quantitative estimate of drug-likeness (QED) is 0.662. The summed E-state index contributed by atoms with van der Waals surface area (Å²) in [7, 11) is 6.22. The maximum absolute atomic E-state index is 5.68. The lowest BCUT2D eigenvalue weighted by atomic mass is 10.0. The maximum atomic E-state index is 5.68. The first-order chi connectivity index (χ1) is 5.63. The standard InChI is InChI=1S/C9H20N2O/c1-7-5-8(11(3)4)6-9(10-2)12-7/h7-10H,5-6H2,1-4H3. The van der Waals surface area contributed by atoms with Crippen molar-refractivity contribution in [1.82, 2.24) is 10.2 Å². The second kappa shape index (κ2) is 4.21. The van der Waals surface area contributed by atoms with Crippen LogP contribution in [0.3, 0.4) is 0 Å². The van der Waals surface area contributed by atoms with E-state index in [0.29, 0.717) is 12.1 Å². The molecule has 1 aliphatic heterocycles. The normalized spacial score (nSPS) is 37.2. The minimum atomic E-state index is 0.237. The van der Waals surface area contributed by atoms with Crippen molar-refractivity contribution in [2.45, 2.75) is 38.1 Å². The van der Waals surface area contributed by atoms with Crippen LogP contribution in [-0.4, -0.2) is 44.4 Å². The van der Waals surface area contributed by atoms with Crippen LogP contribution in [0.25, 0.3) is 0 Å². The third-order valence-electron chi connectivity index (χ3n) is 2.54. The molecule has 72 valence electrons. The van der Waals surface area contributed by atoms with Gasteiger partial charge in [0.25, 0.3) is 0 Å². The van der Waals surface area contributed by atoms with Gasteiger partial charge in [-0.15, -0.1) is 0 Å². The lowest BCUT2D eigenvalue weighted by Crippen LogP contribution is -2.46. The first-order valence-electron chi connectivity index (χ1n) is 4.62. The summed E-state index contributed by atoms with van der Waals surface area (Å²) in [6.07, 6.45) is 2.85. The van der Waals surface area contributed by atoms with Gasteiger partial charge >= 0.3 is 0 Å². The fourth-order valence-electron chi connectivity index (χ4n) is 1.73. The smallest absolute Gasteiger partial charge is 0.109 e. The molecule has 12 heavy (non-hydrogen) atoms. The molecular formula is C9H20N2O. The molecular weight excluding hydrogens is 152 g/mol. The van der Waals surface area contributed by atoms with Gasteiger partial charge in [0, 0.05) is 12.5 Å². The van der Waals surface area contributed by atoms with Crippen molar-refractivity contribution >= 4 is 0 Å². The summed E-state index contributed by atoms with van der Waals surface area (Å²) in [5.41, 5.74) is 0. The zero-order valence-corrected chi connectivity index (χ0v) is 8.50. The van der Waals surface area contributed by atoms with Gasteiger partial charge in [-0.3, -0.25) is 5.32 Å². The Hall–Kier alpha value is -0.120. The van der Waals surface area contributed by atoms with Crippen LogP contribution in [0.15, 0.2) is 0 Å². The van der Waals surface area contributed by atoms with Gasteiger partial charge in [-0.05, 0) is 34.5 Å². The van der Waals surface area contributed by atoms with Crippen LogP contribution in [0.4, 0.5) is 0 Å². The van der Waals surface area contributed by atoms with Gasteiger partial charge in [-0.1, -0.05) is 0 Å². The minimum Gasteiger partial charge on any atom is -0.360 e. The van der Waals surface area contributed by atoms with E-state index in [1.807, 2.05) is 7.05 Å². The van der Waals surface area contributed by atoms with E-state index in [2.05, 4.69) is 31.2 Å². The molecule has 3 nitrogen and oxygen atoms in total. The molecule has 0 bridgehead atoms. The van der Waals surface area contributed by atoms with Crippen molar-refractivity contribution < 1.29 is 4.74 Å². The van der Waals surface area contributed by atoms with Crippen molar-refractivity contribution in [3.05, 3.63) is 0 Å². The Labute approximate surface area is 75.1 Å². The van der Waals surface area contributed by atoms with E-state index >= 15 is 0 Å². The van der Waals surface area contributed by atoms with Gasteiger partial charge in [0.1, 0.15) is 6.23 Å². The van der Waals surface area contributed by atoms with Crippen LogP contribution in [0.2, 0.25) is 0 Å². The highest BCUT2D eigenvalue weighted by molar-refractivity contribution is 4.78. The fraction of sp³-hybridized carbons (Fsp3) is 1.00. The first-order valence-corrected chi connectivity index (χ1v) is 4.62. The van der Waals surface area contributed by atoms with Crippen LogP contribution in [0, 0.1) is 0 Å². The van der Waals surface area contributed by atoms with Crippen molar-refractivity contribution in [3.8, 4) is 0 Å². The average Bonchev–Trinajstić information content (AvgIpc) is 2.03. The number of nitrogens with one attached hydrogen (secondary N) is 1. The molecule has 1 heterocycles. The predicted octanol–water partition coefficient (Wildman–Crippen LogP) is 0.661. The third kappa shape index (κ3) is 2.44. The first kappa shape index (κ1) is 9.96. The van der Waals surface area contributed by atoms with Crippen molar-refractivity contribution in [3.63, 3.8) is 0 Å². The molecule has 1 saturated heterocycles. The topological polar surface area (TPSA) is 24.5 Å². The SMILES string of the molecule is CNC1CC(N(C)C)CC(C)O1. The number of hydrogen-bond donors (Lipinski definition) is 1. The van der Waals surface area contributed by atoms with Crippen LogP contribution in [-0.2, 0) is 4.74 Å². The monoisotopic (exact) mass is 172 g/mol. The summed E-state index contributed by atoms with van der Waals surface area (Å²) in [5.74, 6) is 0. The highest BCUT2D eigenvalue weighted by Gasteiger charge is 2.26.